The lowest BCUT2D eigenvalue weighted by molar-refractivity contribution is 0.253. The maximum atomic E-state index is 13.5. The van der Waals surface area contributed by atoms with Crippen molar-refractivity contribution in [2.24, 2.45) is 0 Å². The highest BCUT2D eigenvalue weighted by atomic mass is 35.5. The number of hydrogen-bond donors (Lipinski definition) is 4. The molecule has 9 heteroatoms. The molecule has 4 heterocycles. The Balaban J connectivity index is 1.41. The minimum atomic E-state index is -0.172. The second kappa shape index (κ2) is 10.0. The topological polar surface area (TPSA) is 92.1 Å². The number of pyridine rings is 1. The monoisotopic (exact) mass is 519 g/mol. The van der Waals surface area contributed by atoms with Crippen LogP contribution in [-0.4, -0.2) is 72.2 Å². The van der Waals surface area contributed by atoms with Crippen LogP contribution in [0.15, 0.2) is 41.2 Å². The summed E-state index contributed by atoms with van der Waals surface area (Å²) in [6.07, 6.45) is 4.28. The number of anilines is 2. The molecule has 2 aliphatic heterocycles. The summed E-state index contributed by atoms with van der Waals surface area (Å²) in [7, 11) is 4.36. The van der Waals surface area contributed by atoms with Crippen molar-refractivity contribution in [2.75, 3.05) is 50.5 Å². The van der Waals surface area contributed by atoms with Crippen molar-refractivity contribution in [3.05, 3.63) is 51.8 Å². The van der Waals surface area contributed by atoms with E-state index < -0.39 is 0 Å². The summed E-state index contributed by atoms with van der Waals surface area (Å²) in [6.45, 7) is 4.14. The Hall–Kier alpha value is -3.07. The lowest BCUT2D eigenvalue weighted by atomic mass is 10.0. The molecule has 2 aromatic heterocycles. The predicted molar refractivity (Wildman–Crippen MR) is 153 cm³/mol. The second-order valence-electron chi connectivity index (χ2n) is 10.5. The molecule has 2 saturated heterocycles. The van der Waals surface area contributed by atoms with Gasteiger partial charge in [-0.15, -0.1) is 0 Å². The first kappa shape index (κ1) is 24.3. The zero-order chi connectivity index (χ0) is 25.5. The van der Waals surface area contributed by atoms with E-state index in [0.717, 1.165) is 85.2 Å². The summed E-state index contributed by atoms with van der Waals surface area (Å²) in [5.41, 5.74) is 4.82. The maximum absolute atomic E-state index is 13.5. The molecule has 0 bridgehead atoms. The van der Waals surface area contributed by atoms with E-state index in [1.807, 2.05) is 18.2 Å². The van der Waals surface area contributed by atoms with Crippen molar-refractivity contribution in [2.45, 2.75) is 37.8 Å². The van der Waals surface area contributed by atoms with Gasteiger partial charge >= 0.3 is 0 Å². The fourth-order valence-electron chi connectivity index (χ4n) is 5.74. The van der Waals surface area contributed by atoms with Crippen molar-refractivity contribution < 1.29 is 0 Å². The third-order valence-corrected chi connectivity index (χ3v) is 8.24. The first-order chi connectivity index (χ1) is 18.0. The molecule has 2 aliphatic rings. The summed E-state index contributed by atoms with van der Waals surface area (Å²) >= 11 is 6.39. The predicted octanol–water partition coefficient (Wildman–Crippen LogP) is 4.42. The highest BCUT2D eigenvalue weighted by Gasteiger charge is 2.24. The van der Waals surface area contributed by atoms with Crippen LogP contribution in [0, 0.1) is 0 Å². The summed E-state index contributed by atoms with van der Waals surface area (Å²) in [5.74, 6) is 0.564. The van der Waals surface area contributed by atoms with Crippen molar-refractivity contribution in [3.8, 4) is 11.4 Å². The number of fused-ring (bicyclic) bond motifs is 2. The van der Waals surface area contributed by atoms with Gasteiger partial charge in [-0.3, -0.25) is 4.79 Å². The lowest BCUT2D eigenvalue weighted by Gasteiger charge is -2.36. The van der Waals surface area contributed by atoms with Gasteiger partial charge in [-0.05, 0) is 95.3 Å². The van der Waals surface area contributed by atoms with Crippen LogP contribution in [0.25, 0.3) is 33.3 Å². The van der Waals surface area contributed by atoms with Gasteiger partial charge in [0, 0.05) is 35.2 Å². The third kappa shape index (κ3) is 4.81. The molecule has 8 nitrogen and oxygen atoms in total. The molecule has 37 heavy (non-hydrogen) atoms. The van der Waals surface area contributed by atoms with Gasteiger partial charge in [0.2, 0.25) is 0 Å². The van der Waals surface area contributed by atoms with Crippen LogP contribution < -0.4 is 21.1 Å². The summed E-state index contributed by atoms with van der Waals surface area (Å²) < 4.78 is 0. The van der Waals surface area contributed by atoms with Gasteiger partial charge in [-0.1, -0.05) is 11.6 Å². The van der Waals surface area contributed by atoms with Crippen LogP contribution in [0.3, 0.4) is 0 Å². The molecule has 0 amide bonds. The molecule has 2 fully saturated rings. The fourth-order valence-corrected chi connectivity index (χ4v) is 5.91. The van der Waals surface area contributed by atoms with Crippen LogP contribution in [0.2, 0.25) is 5.02 Å². The van der Waals surface area contributed by atoms with E-state index in [9.17, 15) is 4.79 Å². The Morgan fingerprint density at radius 1 is 1.03 bits per heavy atom. The van der Waals surface area contributed by atoms with Gasteiger partial charge in [-0.2, -0.15) is 0 Å². The van der Waals surface area contributed by atoms with Gasteiger partial charge in [0.1, 0.15) is 11.4 Å². The highest BCUT2D eigenvalue weighted by molar-refractivity contribution is 6.31. The number of benzene rings is 2. The first-order valence-corrected chi connectivity index (χ1v) is 13.6. The fraction of sp³-hybridized carbons (Fsp3) is 0.429. The van der Waals surface area contributed by atoms with Crippen molar-refractivity contribution in [1.82, 2.24) is 25.2 Å². The maximum Gasteiger partial charge on any atom is 0.261 e. The van der Waals surface area contributed by atoms with Crippen molar-refractivity contribution >= 4 is 44.9 Å². The Morgan fingerprint density at radius 2 is 1.81 bits per heavy atom. The van der Waals surface area contributed by atoms with Crippen LogP contribution >= 0.6 is 11.6 Å². The average molecular weight is 520 g/mol. The van der Waals surface area contributed by atoms with Gasteiger partial charge in [0.05, 0.1) is 22.2 Å². The molecule has 0 spiro atoms. The van der Waals surface area contributed by atoms with Crippen molar-refractivity contribution in [1.29, 1.82) is 0 Å². The summed E-state index contributed by atoms with van der Waals surface area (Å²) in [6, 6.07) is 12.7. The SMILES string of the molecule is CN1CCC(N(C)c2ccc3nc(-c4c(NC5CCNCC5)c5cc(Cl)ccc5[nH]c4=O)[nH]c3c2)CC1. The molecule has 4 aromatic rings. The lowest BCUT2D eigenvalue weighted by Crippen LogP contribution is -2.41. The van der Waals surface area contributed by atoms with Crippen LogP contribution in [-0.2, 0) is 0 Å². The number of nitrogens with zero attached hydrogens (tertiary/aromatic N) is 3. The number of nitrogens with one attached hydrogen (secondary N) is 4. The molecule has 4 N–H and O–H groups in total. The minimum absolute atomic E-state index is 0.172. The van der Waals surface area contributed by atoms with E-state index in [2.05, 4.69) is 56.6 Å². The number of aromatic nitrogens is 3. The van der Waals surface area contributed by atoms with Crippen LogP contribution in [0.1, 0.15) is 25.7 Å². The van der Waals surface area contributed by atoms with Crippen LogP contribution in [0.4, 0.5) is 11.4 Å². The molecule has 0 aliphatic carbocycles. The molecule has 2 aromatic carbocycles. The molecule has 0 saturated carbocycles. The Kier molecular flexibility index (Phi) is 6.56. The Bertz CT molecular complexity index is 1480. The molecular formula is C28H34ClN7O. The number of imidazole rings is 1. The van der Waals surface area contributed by atoms with E-state index in [0.29, 0.717) is 22.5 Å². The van der Waals surface area contributed by atoms with Gasteiger partial charge in [-0.25, -0.2) is 4.98 Å². The molecule has 6 rings (SSSR count). The van der Waals surface area contributed by atoms with E-state index >= 15 is 0 Å². The number of H-pyrrole nitrogens is 2. The van der Waals surface area contributed by atoms with Crippen molar-refractivity contribution in [3.63, 3.8) is 0 Å². The number of hydrogen-bond acceptors (Lipinski definition) is 6. The standard InChI is InChI=1S/C28H34ClN7O/c1-35-13-9-19(10-14-35)36(2)20-4-6-23-24(16-20)33-27(32-23)25-26(31-18-7-11-30-12-8-18)21-15-17(29)3-5-22(21)34-28(25)37/h3-6,15-16,18-19,30H,7-14H2,1-2H3,(H,32,33)(H2,31,34,37). The largest absolute Gasteiger partial charge is 0.381 e. The zero-order valence-electron chi connectivity index (χ0n) is 21.4. The van der Waals surface area contributed by atoms with Gasteiger partial charge < -0.3 is 30.4 Å². The number of rotatable bonds is 5. The highest BCUT2D eigenvalue weighted by Crippen LogP contribution is 2.34. The van der Waals surface area contributed by atoms with E-state index in [4.69, 9.17) is 16.6 Å². The molecular weight excluding hydrogens is 486 g/mol. The molecule has 0 atom stereocenters. The molecule has 0 radical (unpaired) electrons. The number of piperidine rings is 2. The normalized spacial score (nSPS) is 18.0. The smallest absolute Gasteiger partial charge is 0.261 e. The number of likely N-dealkylation sites (tertiary alicyclic amines) is 1. The second-order valence-corrected chi connectivity index (χ2v) is 10.9. The zero-order valence-corrected chi connectivity index (χ0v) is 22.2. The third-order valence-electron chi connectivity index (χ3n) is 8.01. The average Bonchev–Trinajstić information content (AvgIpc) is 3.32. The van der Waals surface area contributed by atoms with E-state index in [1.165, 1.54) is 0 Å². The minimum Gasteiger partial charge on any atom is -0.381 e. The molecule has 0 unspecified atom stereocenters. The number of halogens is 1. The van der Waals surface area contributed by atoms with Gasteiger partial charge in [0.15, 0.2) is 0 Å². The quantitative estimate of drug-likeness (QED) is 0.312. The van der Waals surface area contributed by atoms with Gasteiger partial charge in [0.25, 0.3) is 5.56 Å². The van der Waals surface area contributed by atoms with E-state index in [1.54, 1.807) is 6.07 Å². The summed E-state index contributed by atoms with van der Waals surface area (Å²) in [5, 5.41) is 8.62. The van der Waals surface area contributed by atoms with E-state index in [-0.39, 0.29) is 11.6 Å². The Morgan fingerprint density at radius 3 is 2.59 bits per heavy atom. The number of aromatic amines is 2. The first-order valence-electron chi connectivity index (χ1n) is 13.2. The Labute approximate surface area is 221 Å². The molecule has 194 valence electrons. The summed E-state index contributed by atoms with van der Waals surface area (Å²) in [4.78, 5) is 29.6. The van der Waals surface area contributed by atoms with Crippen LogP contribution in [0.5, 0.6) is 0 Å².